The summed E-state index contributed by atoms with van der Waals surface area (Å²) in [6, 6.07) is 3.25. The molecule has 78 valence electrons. The van der Waals surface area contributed by atoms with Crippen LogP contribution in [0.15, 0.2) is 18.2 Å². The zero-order valence-corrected chi connectivity index (χ0v) is 7.58. The van der Waals surface area contributed by atoms with Gasteiger partial charge in [0.15, 0.2) is 0 Å². The van der Waals surface area contributed by atoms with Crippen LogP contribution in [0.1, 0.15) is 5.56 Å². The summed E-state index contributed by atoms with van der Waals surface area (Å²) in [7, 11) is 5.17. The molecule has 4 N–H and O–H groups in total. The molecular formula is C7H7BClF3O2. The Bertz CT molecular complexity index is 303. The highest BCUT2D eigenvalue weighted by molar-refractivity contribution is 6.34. The molecule has 0 amide bonds. The number of alkyl halides is 3. The molecule has 14 heavy (non-hydrogen) atoms. The summed E-state index contributed by atoms with van der Waals surface area (Å²) < 4.78 is 36.3. The minimum absolute atomic E-state index is 0. The Hall–Kier alpha value is -0.715. The molecule has 1 rings (SSSR count). The summed E-state index contributed by atoms with van der Waals surface area (Å²) in [5.41, 5.74) is -0.851. The molecule has 0 saturated heterocycles. The van der Waals surface area contributed by atoms with Crippen LogP contribution in [-0.4, -0.2) is 18.8 Å². The van der Waals surface area contributed by atoms with Crippen molar-refractivity contribution in [1.29, 1.82) is 0 Å². The van der Waals surface area contributed by atoms with Crippen LogP contribution in [0.25, 0.3) is 0 Å². The molecule has 0 aliphatic heterocycles. The molecule has 0 fully saturated rings. The summed E-state index contributed by atoms with van der Waals surface area (Å²) in [5, 5.41) is -0.336. The fraction of sp³-hybridized carbons (Fsp3) is 0.143. The molecule has 1 aromatic rings. The van der Waals surface area contributed by atoms with Gasteiger partial charge in [0.2, 0.25) is 0 Å². The normalized spacial score (nSPS) is 10.0. The Morgan fingerprint density at radius 2 is 1.64 bits per heavy atom. The number of benzene rings is 1. The minimum Gasteiger partial charge on any atom is -0.412 e. The van der Waals surface area contributed by atoms with E-state index in [-0.39, 0.29) is 21.4 Å². The summed E-state index contributed by atoms with van der Waals surface area (Å²) in [6.45, 7) is 0. The molecule has 0 atom stereocenters. The van der Waals surface area contributed by atoms with E-state index in [1.54, 1.807) is 0 Å². The van der Waals surface area contributed by atoms with E-state index in [2.05, 4.69) is 0 Å². The first-order valence-electron chi connectivity index (χ1n) is 3.03. The van der Waals surface area contributed by atoms with Crippen molar-refractivity contribution in [2.75, 3.05) is 0 Å². The number of halogens is 4. The number of hydrogen-bond acceptors (Lipinski definition) is 0. The summed E-state index contributed by atoms with van der Waals surface area (Å²) in [4.78, 5) is 0. The van der Waals surface area contributed by atoms with E-state index in [0.717, 1.165) is 12.1 Å². The third-order valence-electron chi connectivity index (χ3n) is 1.30. The highest BCUT2D eigenvalue weighted by atomic mass is 35.5. The molecule has 0 aromatic heterocycles. The average molecular weight is 226 g/mol. The summed E-state index contributed by atoms with van der Waals surface area (Å²) in [5.74, 6) is 0. The lowest BCUT2D eigenvalue weighted by molar-refractivity contribution is -0.137. The van der Waals surface area contributed by atoms with Crippen molar-refractivity contribution in [2.24, 2.45) is 0 Å². The maximum absolute atomic E-state index is 12.1. The van der Waals surface area contributed by atoms with Crippen molar-refractivity contribution in [3.8, 4) is 0 Å². The van der Waals surface area contributed by atoms with Crippen molar-refractivity contribution in [3.63, 3.8) is 0 Å². The Morgan fingerprint density at radius 3 is 2.00 bits per heavy atom. The average Bonchev–Trinajstić information content (AvgIpc) is 1.92. The number of rotatable bonds is 0. The second-order valence-corrected chi connectivity index (χ2v) is 2.64. The van der Waals surface area contributed by atoms with Crippen LogP contribution in [0.4, 0.5) is 13.2 Å². The van der Waals surface area contributed by atoms with Crippen LogP contribution in [0.2, 0.25) is 5.02 Å². The maximum Gasteiger partial charge on any atom is 0.417 e. The van der Waals surface area contributed by atoms with E-state index in [1.807, 2.05) is 0 Å². The zero-order valence-electron chi connectivity index (χ0n) is 6.82. The minimum atomic E-state index is -4.44. The van der Waals surface area contributed by atoms with Gasteiger partial charge in [-0.05, 0) is 6.07 Å². The van der Waals surface area contributed by atoms with E-state index >= 15 is 0 Å². The van der Waals surface area contributed by atoms with E-state index in [0.29, 0.717) is 0 Å². The van der Waals surface area contributed by atoms with Crippen LogP contribution in [-0.2, 0) is 6.18 Å². The first-order chi connectivity index (χ1) is 5.41. The molecule has 0 spiro atoms. The first-order valence-corrected chi connectivity index (χ1v) is 3.41. The predicted molar refractivity (Wildman–Crippen MR) is 49.1 cm³/mol. The van der Waals surface area contributed by atoms with Crippen LogP contribution < -0.4 is 5.46 Å². The zero-order chi connectivity index (χ0) is 9.35. The molecule has 1 aromatic carbocycles. The number of hydrogen-bond donors (Lipinski definition) is 0. The fourth-order valence-corrected chi connectivity index (χ4v) is 0.985. The summed E-state index contributed by atoms with van der Waals surface area (Å²) >= 11 is 5.31. The Kier molecular flexibility index (Phi) is 5.89. The molecular weight excluding hydrogens is 219 g/mol. The van der Waals surface area contributed by atoms with Crippen molar-refractivity contribution in [3.05, 3.63) is 28.8 Å². The van der Waals surface area contributed by atoms with E-state index in [1.165, 1.54) is 6.07 Å². The smallest absolute Gasteiger partial charge is 0.412 e. The van der Waals surface area contributed by atoms with Gasteiger partial charge in [-0.15, -0.1) is 0 Å². The Balaban J connectivity index is 0. The monoisotopic (exact) mass is 226 g/mol. The molecule has 0 heterocycles. The maximum atomic E-state index is 12.1. The molecule has 0 aliphatic carbocycles. The van der Waals surface area contributed by atoms with Crippen LogP contribution in [0, 0.1) is 0 Å². The quantitative estimate of drug-likeness (QED) is 0.579. The molecule has 0 aliphatic rings. The Labute approximate surface area is 84.7 Å². The molecule has 2 nitrogen and oxygen atoms in total. The lowest BCUT2D eigenvalue weighted by Crippen LogP contribution is -2.11. The molecule has 0 saturated carbocycles. The molecule has 2 radical (unpaired) electrons. The van der Waals surface area contributed by atoms with Crippen molar-refractivity contribution in [1.82, 2.24) is 0 Å². The lowest BCUT2D eigenvalue weighted by atomic mass is 9.94. The van der Waals surface area contributed by atoms with Crippen molar-refractivity contribution >= 4 is 24.9 Å². The third kappa shape index (κ3) is 3.57. The topological polar surface area (TPSA) is 63.0 Å². The van der Waals surface area contributed by atoms with E-state index in [4.69, 9.17) is 19.4 Å². The van der Waals surface area contributed by atoms with Crippen molar-refractivity contribution in [2.45, 2.75) is 6.18 Å². The SMILES string of the molecule is O.O.[B]c1ccc(Cl)c(C(F)(F)F)c1. The first kappa shape index (κ1) is 15.7. The van der Waals surface area contributed by atoms with Crippen molar-refractivity contribution < 1.29 is 24.1 Å². The van der Waals surface area contributed by atoms with Gasteiger partial charge in [0.25, 0.3) is 0 Å². The van der Waals surface area contributed by atoms with Gasteiger partial charge in [-0.2, -0.15) is 13.2 Å². The van der Waals surface area contributed by atoms with Crippen LogP contribution in [0.5, 0.6) is 0 Å². The van der Waals surface area contributed by atoms with Gasteiger partial charge < -0.3 is 11.0 Å². The van der Waals surface area contributed by atoms with E-state index < -0.39 is 11.7 Å². The summed E-state index contributed by atoms with van der Waals surface area (Å²) in [6.07, 6.45) is -4.44. The van der Waals surface area contributed by atoms with Gasteiger partial charge in [-0.1, -0.05) is 29.2 Å². The van der Waals surface area contributed by atoms with Gasteiger partial charge in [-0.25, -0.2) is 0 Å². The molecule has 0 unspecified atom stereocenters. The Morgan fingerprint density at radius 1 is 1.14 bits per heavy atom. The van der Waals surface area contributed by atoms with Crippen LogP contribution in [0.3, 0.4) is 0 Å². The largest absolute Gasteiger partial charge is 0.417 e. The second kappa shape index (κ2) is 5.24. The predicted octanol–water partition coefficient (Wildman–Crippen LogP) is 0.503. The van der Waals surface area contributed by atoms with E-state index in [9.17, 15) is 13.2 Å². The standard InChI is InChI=1S/C7H3BClF3.2H2O/c8-4-1-2-6(9)5(3-4)7(10,11)12;;/h1-3H;2*1H2. The highest BCUT2D eigenvalue weighted by Crippen LogP contribution is 2.33. The lowest BCUT2D eigenvalue weighted by Gasteiger charge is -2.08. The van der Waals surface area contributed by atoms with Gasteiger partial charge in [0.05, 0.1) is 10.6 Å². The van der Waals surface area contributed by atoms with Crippen LogP contribution >= 0.6 is 11.6 Å². The van der Waals surface area contributed by atoms with Gasteiger partial charge in [0.1, 0.15) is 7.85 Å². The highest BCUT2D eigenvalue weighted by Gasteiger charge is 2.32. The van der Waals surface area contributed by atoms with Gasteiger partial charge in [-0.3, -0.25) is 0 Å². The van der Waals surface area contributed by atoms with Gasteiger partial charge in [0, 0.05) is 0 Å². The second-order valence-electron chi connectivity index (χ2n) is 2.24. The molecule has 0 bridgehead atoms. The molecule has 7 heteroatoms. The fourth-order valence-electron chi connectivity index (χ4n) is 0.760. The van der Waals surface area contributed by atoms with Gasteiger partial charge >= 0.3 is 6.18 Å². The third-order valence-corrected chi connectivity index (χ3v) is 1.63.